The number of fused-ring (bicyclic) bond motifs is 1. The minimum absolute atomic E-state index is 0.160. The van der Waals surface area contributed by atoms with Gasteiger partial charge in [0.25, 0.3) is 0 Å². The van der Waals surface area contributed by atoms with Crippen LogP contribution in [0.2, 0.25) is 5.02 Å². The monoisotopic (exact) mass is 377 g/mol. The SMILES string of the molecule is Cn1cnc2cc(-c3c(C(N)=O)cc(Cl)cc3-c3ccc(O)cc3)ccc21. The number of carbonyl (C=O) groups excluding carboxylic acids is 1. The molecule has 5 nitrogen and oxygen atoms in total. The maximum atomic E-state index is 12.2. The molecule has 3 aromatic carbocycles. The fourth-order valence-electron chi connectivity index (χ4n) is 3.27. The van der Waals surface area contributed by atoms with E-state index in [0.29, 0.717) is 16.1 Å². The molecule has 1 heterocycles. The lowest BCUT2D eigenvalue weighted by molar-refractivity contribution is 0.100. The lowest BCUT2D eigenvalue weighted by Gasteiger charge is -2.15. The molecule has 0 atom stereocenters. The van der Waals surface area contributed by atoms with Crippen LogP contribution in [-0.4, -0.2) is 20.6 Å². The number of amides is 1. The molecular weight excluding hydrogens is 362 g/mol. The maximum absolute atomic E-state index is 12.2. The molecule has 0 aliphatic carbocycles. The Morgan fingerprint density at radius 1 is 1.07 bits per heavy atom. The topological polar surface area (TPSA) is 81.1 Å². The molecule has 0 spiro atoms. The molecule has 0 saturated carbocycles. The summed E-state index contributed by atoms with van der Waals surface area (Å²) in [6.07, 6.45) is 1.74. The van der Waals surface area contributed by atoms with Gasteiger partial charge in [-0.05, 0) is 53.1 Å². The molecule has 0 saturated heterocycles. The molecule has 0 fully saturated rings. The number of hydrogen-bond donors (Lipinski definition) is 2. The van der Waals surface area contributed by atoms with Crippen LogP contribution in [0.15, 0.2) is 60.9 Å². The van der Waals surface area contributed by atoms with E-state index in [1.807, 2.05) is 29.8 Å². The summed E-state index contributed by atoms with van der Waals surface area (Å²) in [5, 5.41) is 10.0. The molecule has 6 heteroatoms. The average molecular weight is 378 g/mol. The third kappa shape index (κ3) is 3.02. The van der Waals surface area contributed by atoms with Gasteiger partial charge < -0.3 is 15.4 Å². The Hall–Kier alpha value is -3.31. The first-order valence-electron chi connectivity index (χ1n) is 8.28. The van der Waals surface area contributed by atoms with Gasteiger partial charge >= 0.3 is 0 Å². The highest BCUT2D eigenvalue weighted by atomic mass is 35.5. The first kappa shape index (κ1) is 17.1. The number of rotatable bonds is 3. The van der Waals surface area contributed by atoms with Crippen LogP contribution in [0.3, 0.4) is 0 Å². The molecule has 134 valence electrons. The number of primary amides is 1. The van der Waals surface area contributed by atoms with Crippen molar-refractivity contribution in [3.05, 3.63) is 71.5 Å². The van der Waals surface area contributed by atoms with Gasteiger partial charge in [-0.2, -0.15) is 0 Å². The van der Waals surface area contributed by atoms with E-state index in [2.05, 4.69) is 4.98 Å². The summed E-state index contributed by atoms with van der Waals surface area (Å²) in [5.74, 6) is -0.402. The number of benzene rings is 3. The van der Waals surface area contributed by atoms with Crippen LogP contribution in [0.1, 0.15) is 10.4 Å². The van der Waals surface area contributed by atoms with Crippen LogP contribution in [0.5, 0.6) is 5.75 Å². The van der Waals surface area contributed by atoms with Crippen LogP contribution in [0, 0.1) is 0 Å². The van der Waals surface area contributed by atoms with Crippen LogP contribution in [0.4, 0.5) is 0 Å². The van der Waals surface area contributed by atoms with Crippen LogP contribution in [-0.2, 0) is 7.05 Å². The molecule has 0 aliphatic rings. The van der Waals surface area contributed by atoms with Crippen LogP contribution in [0.25, 0.3) is 33.3 Å². The van der Waals surface area contributed by atoms with Gasteiger partial charge in [0.05, 0.1) is 17.4 Å². The Labute approximate surface area is 160 Å². The third-order valence-corrected chi connectivity index (χ3v) is 4.78. The number of aryl methyl sites for hydroxylation is 1. The average Bonchev–Trinajstić information content (AvgIpc) is 3.02. The minimum atomic E-state index is -0.561. The predicted molar refractivity (Wildman–Crippen MR) is 107 cm³/mol. The number of aromatic nitrogens is 2. The molecule has 4 rings (SSSR count). The number of nitrogens with two attached hydrogens (primary N) is 1. The molecule has 3 N–H and O–H groups in total. The minimum Gasteiger partial charge on any atom is -0.508 e. The maximum Gasteiger partial charge on any atom is 0.249 e. The van der Waals surface area contributed by atoms with Crippen LogP contribution >= 0.6 is 11.6 Å². The first-order valence-corrected chi connectivity index (χ1v) is 8.66. The van der Waals surface area contributed by atoms with Gasteiger partial charge in [-0.25, -0.2) is 4.98 Å². The molecule has 0 aliphatic heterocycles. The normalized spacial score (nSPS) is 11.0. The van der Waals surface area contributed by atoms with E-state index in [-0.39, 0.29) is 5.75 Å². The number of aromatic hydroxyl groups is 1. The fraction of sp³-hybridized carbons (Fsp3) is 0.0476. The summed E-state index contributed by atoms with van der Waals surface area (Å²) in [4.78, 5) is 16.6. The zero-order valence-electron chi connectivity index (χ0n) is 14.5. The van der Waals surface area contributed by atoms with Crippen molar-refractivity contribution in [1.29, 1.82) is 0 Å². The van der Waals surface area contributed by atoms with Gasteiger partial charge in [-0.15, -0.1) is 0 Å². The van der Waals surface area contributed by atoms with E-state index in [9.17, 15) is 9.90 Å². The van der Waals surface area contributed by atoms with E-state index in [4.69, 9.17) is 17.3 Å². The molecule has 4 aromatic rings. The molecule has 0 unspecified atom stereocenters. The van der Waals surface area contributed by atoms with Gasteiger partial charge in [0, 0.05) is 23.2 Å². The molecule has 1 aromatic heterocycles. The lowest BCUT2D eigenvalue weighted by atomic mass is 9.90. The highest BCUT2D eigenvalue weighted by Gasteiger charge is 2.18. The van der Waals surface area contributed by atoms with E-state index in [1.54, 1.807) is 42.7 Å². The van der Waals surface area contributed by atoms with Crippen molar-refractivity contribution in [1.82, 2.24) is 9.55 Å². The quantitative estimate of drug-likeness (QED) is 0.556. The van der Waals surface area contributed by atoms with E-state index >= 15 is 0 Å². The Bertz CT molecular complexity index is 1180. The zero-order valence-corrected chi connectivity index (χ0v) is 15.2. The fourth-order valence-corrected chi connectivity index (χ4v) is 3.49. The zero-order chi connectivity index (χ0) is 19.1. The van der Waals surface area contributed by atoms with Gasteiger partial charge in [0.1, 0.15) is 5.75 Å². The highest BCUT2D eigenvalue weighted by molar-refractivity contribution is 6.31. The summed E-state index contributed by atoms with van der Waals surface area (Å²) in [5.41, 5.74) is 10.9. The van der Waals surface area contributed by atoms with Crippen LogP contribution < -0.4 is 5.73 Å². The Balaban J connectivity index is 2.03. The number of halogens is 1. The molecule has 0 bridgehead atoms. The highest BCUT2D eigenvalue weighted by Crippen LogP contribution is 2.38. The summed E-state index contributed by atoms with van der Waals surface area (Å²) in [6.45, 7) is 0. The van der Waals surface area contributed by atoms with Gasteiger partial charge in [0.2, 0.25) is 5.91 Å². The number of phenolic OH excluding ortho intramolecular Hbond substituents is 1. The Morgan fingerprint density at radius 2 is 1.78 bits per heavy atom. The van der Waals surface area contributed by atoms with Crippen molar-refractivity contribution in [3.63, 3.8) is 0 Å². The molecule has 1 amide bonds. The van der Waals surface area contributed by atoms with Crippen molar-refractivity contribution in [3.8, 4) is 28.0 Å². The first-order chi connectivity index (χ1) is 12.9. The number of nitrogens with zero attached hydrogens (tertiary/aromatic N) is 2. The predicted octanol–water partition coefficient (Wildman–Crippen LogP) is 4.37. The summed E-state index contributed by atoms with van der Waals surface area (Å²) >= 11 is 6.26. The summed E-state index contributed by atoms with van der Waals surface area (Å²) < 4.78 is 1.93. The van der Waals surface area contributed by atoms with Gasteiger partial charge in [-0.1, -0.05) is 29.8 Å². The second-order valence-corrected chi connectivity index (χ2v) is 6.78. The smallest absolute Gasteiger partial charge is 0.249 e. The van der Waals surface area contributed by atoms with Crippen molar-refractivity contribution in [2.75, 3.05) is 0 Å². The van der Waals surface area contributed by atoms with Crippen molar-refractivity contribution < 1.29 is 9.90 Å². The third-order valence-electron chi connectivity index (χ3n) is 4.56. The molecular formula is C21H16ClN3O2. The second kappa shape index (κ2) is 6.45. The number of carbonyl (C=O) groups is 1. The van der Waals surface area contributed by atoms with E-state index < -0.39 is 5.91 Å². The number of hydrogen-bond acceptors (Lipinski definition) is 3. The van der Waals surface area contributed by atoms with Crippen molar-refractivity contribution >= 4 is 28.5 Å². The molecule has 0 radical (unpaired) electrons. The Morgan fingerprint density at radius 3 is 2.48 bits per heavy atom. The Kier molecular flexibility index (Phi) is 4.09. The van der Waals surface area contributed by atoms with Gasteiger partial charge in [-0.3, -0.25) is 4.79 Å². The van der Waals surface area contributed by atoms with Gasteiger partial charge in [0.15, 0.2) is 0 Å². The number of imidazole rings is 1. The van der Waals surface area contributed by atoms with E-state index in [0.717, 1.165) is 27.7 Å². The largest absolute Gasteiger partial charge is 0.508 e. The lowest BCUT2D eigenvalue weighted by Crippen LogP contribution is -2.13. The van der Waals surface area contributed by atoms with Crippen molar-refractivity contribution in [2.24, 2.45) is 12.8 Å². The standard InChI is InChI=1S/C21H16ClN3O2/c1-25-11-24-18-8-13(4-7-19(18)25)20-16(12-2-5-15(26)6-3-12)9-14(22)10-17(20)21(23)27/h2-11,26H,1H3,(H2,23,27). The summed E-state index contributed by atoms with van der Waals surface area (Å²) in [6, 6.07) is 15.9. The van der Waals surface area contributed by atoms with E-state index in [1.165, 1.54) is 0 Å². The number of phenols is 1. The summed E-state index contributed by atoms with van der Waals surface area (Å²) in [7, 11) is 1.92. The van der Waals surface area contributed by atoms with Crippen molar-refractivity contribution in [2.45, 2.75) is 0 Å². The second-order valence-electron chi connectivity index (χ2n) is 6.35. The molecule has 27 heavy (non-hydrogen) atoms.